The average molecular weight is 211 g/mol. The van der Waals surface area contributed by atoms with Crippen molar-refractivity contribution in [3.63, 3.8) is 0 Å². The van der Waals surface area contributed by atoms with E-state index in [1.807, 2.05) is 4.90 Å². The molecule has 0 aliphatic carbocycles. The molecular formula is C9H13N3O3. The van der Waals surface area contributed by atoms with Gasteiger partial charge in [0.15, 0.2) is 5.89 Å². The molecule has 1 fully saturated rings. The number of nitrogens with zero attached hydrogens (tertiary/aromatic N) is 2. The highest BCUT2D eigenvalue weighted by Gasteiger charge is 2.24. The molecule has 2 rings (SSSR count). The molecule has 2 N–H and O–H groups in total. The molecule has 1 aliphatic heterocycles. The lowest BCUT2D eigenvalue weighted by atomic mass is 10.3. The third kappa shape index (κ3) is 1.94. The fourth-order valence-electron chi connectivity index (χ4n) is 1.64. The molecule has 1 aromatic heterocycles. The van der Waals surface area contributed by atoms with E-state index in [0.717, 1.165) is 26.2 Å². The molecule has 6 heteroatoms. The maximum absolute atomic E-state index is 10.9. The Labute approximate surface area is 86.9 Å². The predicted octanol–water partition coefficient (Wildman–Crippen LogP) is 0.0908. The number of rotatable bonds is 2. The highest BCUT2D eigenvalue weighted by molar-refractivity contribution is 5.90. The number of aromatic carboxylic acids is 1. The summed E-state index contributed by atoms with van der Waals surface area (Å²) < 4.78 is 5.32. The van der Waals surface area contributed by atoms with Crippen LogP contribution in [0.25, 0.3) is 0 Å². The molecule has 1 aromatic rings. The van der Waals surface area contributed by atoms with Gasteiger partial charge in [-0.2, -0.15) is 0 Å². The number of aromatic nitrogens is 1. The van der Waals surface area contributed by atoms with Gasteiger partial charge in [-0.1, -0.05) is 0 Å². The standard InChI is InChI=1S/C9H13N3O3/c1-6-11-7(9(13)14)8(15-6)12-4-2-10-3-5-12/h10H,2-5H2,1H3,(H,13,14). The third-order valence-electron chi connectivity index (χ3n) is 2.32. The SMILES string of the molecule is Cc1nc(C(=O)O)c(N2CCNCC2)o1. The van der Waals surface area contributed by atoms with Gasteiger partial charge in [0.1, 0.15) is 0 Å². The van der Waals surface area contributed by atoms with Crippen LogP contribution in [0, 0.1) is 6.92 Å². The Morgan fingerprint density at radius 2 is 2.20 bits per heavy atom. The maximum atomic E-state index is 10.9. The Morgan fingerprint density at radius 1 is 1.53 bits per heavy atom. The van der Waals surface area contributed by atoms with Crippen LogP contribution in [0.4, 0.5) is 5.88 Å². The lowest BCUT2D eigenvalue weighted by Crippen LogP contribution is -2.43. The van der Waals surface area contributed by atoms with Gasteiger partial charge >= 0.3 is 5.97 Å². The van der Waals surface area contributed by atoms with Crippen molar-refractivity contribution in [3.8, 4) is 0 Å². The van der Waals surface area contributed by atoms with E-state index < -0.39 is 5.97 Å². The molecule has 0 atom stereocenters. The molecule has 6 nitrogen and oxygen atoms in total. The van der Waals surface area contributed by atoms with Crippen LogP contribution in [0.3, 0.4) is 0 Å². The molecular weight excluding hydrogens is 198 g/mol. The van der Waals surface area contributed by atoms with Crippen LogP contribution in [0.1, 0.15) is 16.4 Å². The number of carbonyl (C=O) groups is 1. The summed E-state index contributed by atoms with van der Waals surface area (Å²) in [5.41, 5.74) is 0.00870. The summed E-state index contributed by atoms with van der Waals surface area (Å²) in [6, 6.07) is 0. The smallest absolute Gasteiger partial charge is 0.360 e. The summed E-state index contributed by atoms with van der Waals surface area (Å²) in [4.78, 5) is 16.7. The topological polar surface area (TPSA) is 78.6 Å². The molecule has 82 valence electrons. The highest BCUT2D eigenvalue weighted by atomic mass is 16.4. The largest absolute Gasteiger partial charge is 0.476 e. The first-order valence-corrected chi connectivity index (χ1v) is 4.85. The zero-order chi connectivity index (χ0) is 10.8. The van der Waals surface area contributed by atoms with Crippen LogP contribution in [-0.2, 0) is 0 Å². The van der Waals surface area contributed by atoms with Crippen molar-refractivity contribution < 1.29 is 14.3 Å². The van der Waals surface area contributed by atoms with Gasteiger partial charge in [-0.25, -0.2) is 9.78 Å². The molecule has 2 heterocycles. The predicted molar refractivity (Wildman–Crippen MR) is 53.3 cm³/mol. The van der Waals surface area contributed by atoms with Crippen molar-refractivity contribution >= 4 is 11.9 Å². The maximum Gasteiger partial charge on any atom is 0.360 e. The van der Waals surface area contributed by atoms with E-state index in [1.54, 1.807) is 6.92 Å². The summed E-state index contributed by atoms with van der Waals surface area (Å²) >= 11 is 0. The zero-order valence-electron chi connectivity index (χ0n) is 8.49. The fraction of sp³-hybridized carbons (Fsp3) is 0.556. The molecule has 0 spiro atoms. The number of carboxylic acids is 1. The van der Waals surface area contributed by atoms with Crippen molar-refractivity contribution in [3.05, 3.63) is 11.6 Å². The van der Waals surface area contributed by atoms with Crippen LogP contribution < -0.4 is 10.2 Å². The van der Waals surface area contributed by atoms with Gasteiger partial charge < -0.3 is 19.7 Å². The van der Waals surface area contributed by atoms with Gasteiger partial charge in [0, 0.05) is 33.1 Å². The first-order chi connectivity index (χ1) is 7.18. The number of piperazine rings is 1. The lowest BCUT2D eigenvalue weighted by Gasteiger charge is -2.26. The number of anilines is 1. The minimum Gasteiger partial charge on any atom is -0.476 e. The van der Waals surface area contributed by atoms with Crippen LogP contribution in [0.5, 0.6) is 0 Å². The van der Waals surface area contributed by atoms with E-state index in [0.29, 0.717) is 11.8 Å². The van der Waals surface area contributed by atoms with Crippen molar-refractivity contribution in [1.29, 1.82) is 0 Å². The van der Waals surface area contributed by atoms with Crippen molar-refractivity contribution in [2.75, 3.05) is 31.1 Å². The molecule has 0 saturated carbocycles. The molecule has 0 unspecified atom stereocenters. The van der Waals surface area contributed by atoms with Gasteiger partial charge in [-0.3, -0.25) is 0 Å². The summed E-state index contributed by atoms with van der Waals surface area (Å²) in [7, 11) is 0. The first kappa shape index (κ1) is 9.97. The Morgan fingerprint density at radius 3 is 2.80 bits per heavy atom. The number of hydrogen-bond donors (Lipinski definition) is 2. The second-order valence-electron chi connectivity index (χ2n) is 3.43. The molecule has 0 amide bonds. The lowest BCUT2D eigenvalue weighted by molar-refractivity contribution is 0.0691. The van der Waals surface area contributed by atoms with E-state index in [1.165, 1.54) is 0 Å². The summed E-state index contributed by atoms with van der Waals surface area (Å²) in [6.45, 7) is 4.81. The van der Waals surface area contributed by atoms with Gasteiger partial charge in [0.05, 0.1) is 0 Å². The Hall–Kier alpha value is -1.56. The second-order valence-corrected chi connectivity index (χ2v) is 3.43. The summed E-state index contributed by atoms with van der Waals surface area (Å²) in [5.74, 6) is -0.275. The summed E-state index contributed by atoms with van der Waals surface area (Å²) in [6.07, 6.45) is 0. The normalized spacial score (nSPS) is 16.7. The summed E-state index contributed by atoms with van der Waals surface area (Å²) in [5, 5.41) is 12.1. The van der Waals surface area contributed by atoms with Gasteiger partial charge in [-0.05, 0) is 0 Å². The molecule has 1 aliphatic rings. The second kappa shape index (κ2) is 3.90. The zero-order valence-corrected chi connectivity index (χ0v) is 8.49. The number of carboxylic acid groups (broad SMARTS) is 1. The Bertz CT molecular complexity index is 369. The average Bonchev–Trinajstić information content (AvgIpc) is 2.62. The van der Waals surface area contributed by atoms with Crippen LogP contribution >= 0.6 is 0 Å². The molecule has 1 saturated heterocycles. The van der Waals surface area contributed by atoms with Crippen LogP contribution in [0.2, 0.25) is 0 Å². The van der Waals surface area contributed by atoms with Gasteiger partial charge in [0.2, 0.25) is 11.6 Å². The fourth-order valence-corrected chi connectivity index (χ4v) is 1.64. The van der Waals surface area contributed by atoms with E-state index >= 15 is 0 Å². The number of hydrogen-bond acceptors (Lipinski definition) is 5. The number of aryl methyl sites for hydroxylation is 1. The van der Waals surface area contributed by atoms with E-state index in [-0.39, 0.29) is 5.69 Å². The van der Waals surface area contributed by atoms with Crippen LogP contribution in [-0.4, -0.2) is 42.2 Å². The Balaban J connectivity index is 2.28. The number of oxazole rings is 1. The van der Waals surface area contributed by atoms with E-state index in [4.69, 9.17) is 9.52 Å². The quantitative estimate of drug-likeness (QED) is 0.721. The minimum atomic E-state index is -1.04. The van der Waals surface area contributed by atoms with Crippen LogP contribution in [0.15, 0.2) is 4.42 Å². The highest BCUT2D eigenvalue weighted by Crippen LogP contribution is 2.22. The third-order valence-corrected chi connectivity index (χ3v) is 2.32. The van der Waals surface area contributed by atoms with Gasteiger partial charge in [-0.15, -0.1) is 0 Å². The first-order valence-electron chi connectivity index (χ1n) is 4.85. The van der Waals surface area contributed by atoms with E-state index in [2.05, 4.69) is 10.3 Å². The van der Waals surface area contributed by atoms with E-state index in [9.17, 15) is 4.79 Å². The molecule has 0 radical (unpaired) electrons. The number of nitrogens with one attached hydrogen (secondary N) is 1. The molecule has 15 heavy (non-hydrogen) atoms. The monoisotopic (exact) mass is 211 g/mol. The van der Waals surface area contributed by atoms with Crippen molar-refractivity contribution in [1.82, 2.24) is 10.3 Å². The molecule has 0 bridgehead atoms. The minimum absolute atomic E-state index is 0.00870. The Kier molecular flexibility index (Phi) is 2.59. The van der Waals surface area contributed by atoms with Crippen molar-refractivity contribution in [2.45, 2.75) is 6.92 Å². The van der Waals surface area contributed by atoms with Crippen molar-refractivity contribution in [2.24, 2.45) is 0 Å². The van der Waals surface area contributed by atoms with Gasteiger partial charge in [0.25, 0.3) is 0 Å². The molecule has 0 aromatic carbocycles.